The van der Waals surface area contributed by atoms with Crippen LogP contribution in [0.1, 0.15) is 0 Å². The zero-order valence-corrected chi connectivity index (χ0v) is 23.9. The van der Waals surface area contributed by atoms with E-state index in [1.807, 2.05) is 12.1 Å². The van der Waals surface area contributed by atoms with Crippen molar-refractivity contribution >= 4 is 54.1 Å². The van der Waals surface area contributed by atoms with E-state index in [-0.39, 0.29) is 0 Å². The fraction of sp³-hybridized carbons (Fsp3) is 0. The Morgan fingerprint density at radius 1 is 0.318 bits per heavy atom. The summed E-state index contributed by atoms with van der Waals surface area (Å²) in [6, 6.07) is 56.1. The lowest BCUT2D eigenvalue weighted by atomic mass is 9.90. The lowest BCUT2D eigenvalue weighted by Crippen LogP contribution is -1.96. The number of rotatable bonds is 3. The molecule has 204 valence electrons. The molecule has 0 N–H and O–H groups in total. The van der Waals surface area contributed by atoms with Crippen LogP contribution in [0, 0.1) is 0 Å². The van der Waals surface area contributed by atoms with Crippen molar-refractivity contribution in [1.82, 2.24) is 9.97 Å². The summed E-state index contributed by atoms with van der Waals surface area (Å²) in [6.45, 7) is 0. The highest BCUT2D eigenvalue weighted by atomic mass is 14.8. The molecule has 0 spiro atoms. The molecule has 1 aromatic heterocycles. The van der Waals surface area contributed by atoms with Gasteiger partial charge in [-0.1, -0.05) is 146 Å². The summed E-state index contributed by atoms with van der Waals surface area (Å²) in [7, 11) is 0. The smallest absolute Gasteiger partial charge is 0.0973 e. The molecule has 44 heavy (non-hydrogen) atoms. The monoisotopic (exact) mass is 558 g/mol. The third-order valence-electron chi connectivity index (χ3n) is 8.83. The van der Waals surface area contributed by atoms with Crippen LogP contribution >= 0.6 is 0 Å². The van der Waals surface area contributed by atoms with Crippen LogP contribution in [0.5, 0.6) is 0 Å². The molecule has 0 saturated heterocycles. The molecule has 0 radical (unpaired) electrons. The zero-order valence-electron chi connectivity index (χ0n) is 23.9. The molecule has 1 heterocycles. The molecular weight excluding hydrogens is 532 g/mol. The Bertz CT molecular complexity index is 2530. The van der Waals surface area contributed by atoms with E-state index in [1.165, 1.54) is 48.7 Å². The van der Waals surface area contributed by atoms with Crippen LogP contribution in [0.2, 0.25) is 0 Å². The summed E-state index contributed by atoms with van der Waals surface area (Å²) in [5, 5.41) is 10.1. The SMILES string of the molecule is c1ccc(-c2nc3ccc(-c4cccc5ccc6c7ccc8ccccc8c7ccc6c45)cc3nc2-c2ccccc2)cc1. The van der Waals surface area contributed by atoms with Crippen LogP contribution in [0.4, 0.5) is 0 Å². The Balaban J connectivity index is 1.28. The van der Waals surface area contributed by atoms with Crippen molar-refractivity contribution in [2.24, 2.45) is 0 Å². The second-order valence-corrected chi connectivity index (χ2v) is 11.4. The van der Waals surface area contributed by atoms with Gasteiger partial charge in [-0.3, -0.25) is 0 Å². The van der Waals surface area contributed by atoms with E-state index in [4.69, 9.17) is 9.97 Å². The first-order valence-electron chi connectivity index (χ1n) is 15.0. The van der Waals surface area contributed by atoms with E-state index in [0.717, 1.165) is 39.1 Å². The van der Waals surface area contributed by atoms with Crippen molar-refractivity contribution in [3.63, 3.8) is 0 Å². The van der Waals surface area contributed by atoms with Gasteiger partial charge < -0.3 is 0 Å². The number of hydrogen-bond acceptors (Lipinski definition) is 2. The minimum absolute atomic E-state index is 0.884. The molecule has 0 fully saturated rings. The molecular formula is C42H26N2. The van der Waals surface area contributed by atoms with Gasteiger partial charge in [-0.15, -0.1) is 0 Å². The van der Waals surface area contributed by atoms with E-state index in [9.17, 15) is 0 Å². The summed E-state index contributed by atoms with van der Waals surface area (Å²) in [4.78, 5) is 10.4. The molecule has 0 atom stereocenters. The summed E-state index contributed by atoms with van der Waals surface area (Å²) >= 11 is 0. The summed E-state index contributed by atoms with van der Waals surface area (Å²) < 4.78 is 0. The van der Waals surface area contributed by atoms with Gasteiger partial charge in [-0.2, -0.15) is 0 Å². The molecule has 2 nitrogen and oxygen atoms in total. The number of aromatic nitrogens is 2. The number of hydrogen-bond donors (Lipinski definition) is 0. The van der Waals surface area contributed by atoms with Crippen LogP contribution in [-0.2, 0) is 0 Å². The van der Waals surface area contributed by atoms with Gasteiger partial charge in [0.25, 0.3) is 0 Å². The summed E-state index contributed by atoms with van der Waals surface area (Å²) in [5.74, 6) is 0. The van der Waals surface area contributed by atoms with Crippen LogP contribution in [-0.4, -0.2) is 9.97 Å². The lowest BCUT2D eigenvalue weighted by Gasteiger charge is -2.14. The van der Waals surface area contributed by atoms with Crippen LogP contribution in [0.25, 0.3) is 87.8 Å². The molecule has 0 aliphatic carbocycles. The molecule has 9 rings (SSSR count). The molecule has 0 saturated carbocycles. The minimum atomic E-state index is 0.884. The highest BCUT2D eigenvalue weighted by Gasteiger charge is 2.15. The average molecular weight is 559 g/mol. The van der Waals surface area contributed by atoms with Crippen molar-refractivity contribution in [1.29, 1.82) is 0 Å². The van der Waals surface area contributed by atoms with Gasteiger partial charge in [0, 0.05) is 11.1 Å². The molecule has 0 amide bonds. The maximum Gasteiger partial charge on any atom is 0.0973 e. The highest BCUT2D eigenvalue weighted by molar-refractivity contribution is 6.24. The van der Waals surface area contributed by atoms with Crippen LogP contribution < -0.4 is 0 Å². The third kappa shape index (κ3) is 3.89. The van der Waals surface area contributed by atoms with Crippen molar-refractivity contribution in [3.8, 4) is 33.6 Å². The Morgan fingerprint density at radius 3 is 1.66 bits per heavy atom. The van der Waals surface area contributed by atoms with Gasteiger partial charge in [0.15, 0.2) is 0 Å². The van der Waals surface area contributed by atoms with Crippen molar-refractivity contribution in [2.75, 3.05) is 0 Å². The third-order valence-corrected chi connectivity index (χ3v) is 8.83. The Labute approximate surface area is 254 Å². The van der Waals surface area contributed by atoms with Gasteiger partial charge in [0.05, 0.1) is 22.4 Å². The Morgan fingerprint density at radius 2 is 0.886 bits per heavy atom. The molecule has 9 aromatic rings. The maximum atomic E-state index is 5.26. The standard InChI is InChI=1S/C42H26N2/c1-3-11-29(12-4-1)41-42(30-13-5-2-6-14-30)44-39-26-31(20-25-38(39)43-41)33-17-9-15-28-19-22-36-35-21-18-27-10-7-8-16-32(27)34(35)23-24-37(36)40(28)33/h1-26H. The van der Waals surface area contributed by atoms with Gasteiger partial charge in [0.1, 0.15) is 0 Å². The van der Waals surface area contributed by atoms with E-state index >= 15 is 0 Å². The first kappa shape index (κ1) is 24.7. The number of fused-ring (bicyclic) bond motifs is 8. The van der Waals surface area contributed by atoms with E-state index in [1.54, 1.807) is 0 Å². The van der Waals surface area contributed by atoms with Gasteiger partial charge in [-0.05, 0) is 66.3 Å². The lowest BCUT2D eigenvalue weighted by molar-refractivity contribution is 1.29. The summed E-state index contributed by atoms with van der Waals surface area (Å²) in [6.07, 6.45) is 0. The van der Waals surface area contributed by atoms with Gasteiger partial charge in [0.2, 0.25) is 0 Å². The molecule has 8 aromatic carbocycles. The van der Waals surface area contributed by atoms with Crippen molar-refractivity contribution in [2.45, 2.75) is 0 Å². The zero-order chi connectivity index (χ0) is 29.0. The molecule has 0 aliphatic heterocycles. The first-order chi connectivity index (χ1) is 21.8. The number of benzene rings is 8. The minimum Gasteiger partial charge on any atom is -0.244 e. The molecule has 0 unspecified atom stereocenters. The maximum absolute atomic E-state index is 5.26. The molecule has 0 bridgehead atoms. The van der Waals surface area contributed by atoms with Gasteiger partial charge >= 0.3 is 0 Å². The first-order valence-corrected chi connectivity index (χ1v) is 15.0. The Kier molecular flexibility index (Phi) is 5.54. The van der Waals surface area contributed by atoms with E-state index in [2.05, 4.69) is 146 Å². The van der Waals surface area contributed by atoms with E-state index < -0.39 is 0 Å². The molecule has 2 heteroatoms. The van der Waals surface area contributed by atoms with Crippen molar-refractivity contribution < 1.29 is 0 Å². The highest BCUT2D eigenvalue weighted by Crippen LogP contribution is 2.40. The second kappa shape index (κ2) is 9.86. The summed E-state index contributed by atoms with van der Waals surface area (Å²) in [5.41, 5.74) is 8.01. The average Bonchev–Trinajstić information content (AvgIpc) is 3.10. The van der Waals surface area contributed by atoms with E-state index in [0.29, 0.717) is 0 Å². The predicted molar refractivity (Wildman–Crippen MR) is 186 cm³/mol. The number of nitrogens with zero attached hydrogens (tertiary/aromatic N) is 2. The topological polar surface area (TPSA) is 25.8 Å². The fourth-order valence-electron chi connectivity index (χ4n) is 6.75. The fourth-order valence-corrected chi connectivity index (χ4v) is 6.75. The largest absolute Gasteiger partial charge is 0.244 e. The van der Waals surface area contributed by atoms with Crippen LogP contribution in [0.3, 0.4) is 0 Å². The van der Waals surface area contributed by atoms with Crippen molar-refractivity contribution in [3.05, 3.63) is 158 Å². The predicted octanol–water partition coefficient (Wildman–Crippen LogP) is 11.2. The molecule has 0 aliphatic rings. The van der Waals surface area contributed by atoms with Crippen LogP contribution in [0.15, 0.2) is 158 Å². The second-order valence-electron chi connectivity index (χ2n) is 11.4. The quantitative estimate of drug-likeness (QED) is 0.202. The Hall–Kier alpha value is -5.86. The van der Waals surface area contributed by atoms with Gasteiger partial charge in [-0.25, -0.2) is 9.97 Å². The normalized spacial score (nSPS) is 11.6.